The molecule has 0 fully saturated rings. The first kappa shape index (κ1) is 14.3. The van der Waals surface area contributed by atoms with Gasteiger partial charge in [-0.15, -0.1) is 0 Å². The van der Waals surface area contributed by atoms with E-state index >= 15 is 0 Å². The van der Waals surface area contributed by atoms with E-state index < -0.39 is 0 Å². The van der Waals surface area contributed by atoms with Crippen molar-refractivity contribution in [3.8, 4) is 12.1 Å². The van der Waals surface area contributed by atoms with Crippen LogP contribution < -0.4 is 4.90 Å². The van der Waals surface area contributed by atoms with Crippen LogP contribution in [-0.4, -0.2) is 7.05 Å². The Morgan fingerprint density at radius 3 is 2.29 bits per heavy atom. The number of nitrogens with zero attached hydrogens (tertiary/aromatic N) is 3. The van der Waals surface area contributed by atoms with Crippen molar-refractivity contribution in [2.75, 3.05) is 11.9 Å². The second-order valence-electron chi connectivity index (χ2n) is 4.41. The van der Waals surface area contributed by atoms with Gasteiger partial charge < -0.3 is 4.90 Å². The zero-order chi connectivity index (χ0) is 15.2. The first-order valence-electron chi connectivity index (χ1n) is 6.25. The third-order valence-electron chi connectivity index (χ3n) is 3.03. The lowest BCUT2D eigenvalue weighted by Crippen LogP contribution is -2.09. The molecule has 2 rings (SSSR count). The molecule has 0 spiro atoms. The van der Waals surface area contributed by atoms with Gasteiger partial charge >= 0.3 is 0 Å². The van der Waals surface area contributed by atoms with Crippen molar-refractivity contribution < 1.29 is 4.39 Å². The molecule has 0 unspecified atom stereocenters. The Kier molecular flexibility index (Phi) is 4.33. The van der Waals surface area contributed by atoms with Crippen molar-refractivity contribution in [1.82, 2.24) is 0 Å². The summed E-state index contributed by atoms with van der Waals surface area (Å²) in [6.07, 6.45) is 1.52. The highest BCUT2D eigenvalue weighted by Crippen LogP contribution is 2.24. The summed E-state index contributed by atoms with van der Waals surface area (Å²) < 4.78 is 13.2. The monoisotopic (exact) mass is 277 g/mol. The minimum atomic E-state index is -0.286. The Morgan fingerprint density at radius 2 is 1.71 bits per heavy atom. The average Bonchev–Trinajstić information content (AvgIpc) is 2.52. The summed E-state index contributed by atoms with van der Waals surface area (Å²) >= 11 is 0. The Bertz CT molecular complexity index is 733. The van der Waals surface area contributed by atoms with E-state index in [4.69, 9.17) is 10.5 Å². The fourth-order valence-electron chi connectivity index (χ4n) is 1.88. The largest absolute Gasteiger partial charge is 0.345 e. The van der Waals surface area contributed by atoms with E-state index in [9.17, 15) is 4.39 Å². The van der Waals surface area contributed by atoms with Gasteiger partial charge in [0.1, 0.15) is 23.5 Å². The molecule has 0 aliphatic rings. The van der Waals surface area contributed by atoms with Crippen LogP contribution in [0.3, 0.4) is 0 Å². The van der Waals surface area contributed by atoms with E-state index in [1.54, 1.807) is 18.2 Å². The standard InChI is InChI=1S/C17H12FN3/c1-21(17-4-2-3-15(18)10-17)16-7-5-13(6-8-16)9-14(11-19)12-20/h2-10H,1H3. The molecule has 0 aliphatic carbocycles. The van der Waals surface area contributed by atoms with Crippen LogP contribution in [0, 0.1) is 28.5 Å². The fraction of sp³-hybridized carbons (Fsp3) is 0.0588. The van der Waals surface area contributed by atoms with Gasteiger partial charge in [0, 0.05) is 18.4 Å². The van der Waals surface area contributed by atoms with E-state index in [0.717, 1.165) is 16.9 Å². The van der Waals surface area contributed by atoms with Crippen LogP contribution >= 0.6 is 0 Å². The lowest BCUT2D eigenvalue weighted by Gasteiger charge is -2.19. The highest BCUT2D eigenvalue weighted by atomic mass is 19.1. The quantitative estimate of drug-likeness (QED) is 0.796. The first-order valence-corrected chi connectivity index (χ1v) is 6.25. The zero-order valence-corrected chi connectivity index (χ0v) is 11.4. The van der Waals surface area contributed by atoms with Crippen molar-refractivity contribution >= 4 is 17.5 Å². The maximum absolute atomic E-state index is 13.2. The number of allylic oxidation sites excluding steroid dienone is 1. The topological polar surface area (TPSA) is 50.8 Å². The molecule has 0 aliphatic heterocycles. The van der Waals surface area contributed by atoms with Crippen molar-refractivity contribution in [2.24, 2.45) is 0 Å². The minimum Gasteiger partial charge on any atom is -0.345 e. The van der Waals surface area contributed by atoms with Gasteiger partial charge in [0.2, 0.25) is 0 Å². The number of hydrogen-bond acceptors (Lipinski definition) is 3. The molecule has 0 aromatic heterocycles. The molecule has 102 valence electrons. The molecule has 0 amide bonds. The summed E-state index contributed by atoms with van der Waals surface area (Å²) in [6, 6.07) is 17.3. The maximum Gasteiger partial charge on any atom is 0.130 e. The van der Waals surface area contributed by atoms with E-state index in [2.05, 4.69) is 0 Å². The van der Waals surface area contributed by atoms with Gasteiger partial charge in [-0.05, 0) is 42.0 Å². The number of benzene rings is 2. The van der Waals surface area contributed by atoms with Gasteiger partial charge in [-0.25, -0.2) is 4.39 Å². The van der Waals surface area contributed by atoms with Gasteiger partial charge in [-0.1, -0.05) is 18.2 Å². The Morgan fingerprint density at radius 1 is 1.05 bits per heavy atom. The van der Waals surface area contributed by atoms with Gasteiger partial charge in [0.25, 0.3) is 0 Å². The number of anilines is 2. The molecule has 4 heteroatoms. The SMILES string of the molecule is CN(c1ccc(C=C(C#N)C#N)cc1)c1cccc(F)c1. The van der Waals surface area contributed by atoms with Crippen molar-refractivity contribution in [3.05, 3.63) is 65.5 Å². The van der Waals surface area contributed by atoms with Crippen LogP contribution in [0.1, 0.15) is 5.56 Å². The minimum absolute atomic E-state index is 0.0567. The predicted molar refractivity (Wildman–Crippen MR) is 80.1 cm³/mol. The van der Waals surface area contributed by atoms with Crippen molar-refractivity contribution in [2.45, 2.75) is 0 Å². The first-order chi connectivity index (χ1) is 10.1. The molecule has 0 bridgehead atoms. The molecule has 0 N–H and O–H groups in total. The zero-order valence-electron chi connectivity index (χ0n) is 11.4. The van der Waals surface area contributed by atoms with Crippen LogP contribution in [0.15, 0.2) is 54.1 Å². The van der Waals surface area contributed by atoms with Crippen LogP contribution in [0.4, 0.5) is 15.8 Å². The molecular formula is C17H12FN3. The van der Waals surface area contributed by atoms with Crippen LogP contribution in [0.25, 0.3) is 6.08 Å². The smallest absolute Gasteiger partial charge is 0.130 e. The third kappa shape index (κ3) is 3.46. The fourth-order valence-corrected chi connectivity index (χ4v) is 1.88. The molecule has 2 aromatic carbocycles. The van der Waals surface area contributed by atoms with Gasteiger partial charge in [0.15, 0.2) is 0 Å². The predicted octanol–water partition coefficient (Wildman–Crippen LogP) is 4.02. The molecule has 2 aromatic rings. The number of nitriles is 2. The molecular weight excluding hydrogens is 265 g/mol. The summed E-state index contributed by atoms with van der Waals surface area (Å²) in [7, 11) is 1.84. The average molecular weight is 277 g/mol. The lowest BCUT2D eigenvalue weighted by molar-refractivity contribution is 0.628. The molecule has 0 radical (unpaired) electrons. The summed E-state index contributed by atoms with van der Waals surface area (Å²) in [5.74, 6) is -0.286. The highest BCUT2D eigenvalue weighted by Gasteiger charge is 2.04. The van der Waals surface area contributed by atoms with E-state index in [1.165, 1.54) is 18.2 Å². The molecule has 0 saturated carbocycles. The molecule has 3 nitrogen and oxygen atoms in total. The summed E-state index contributed by atoms with van der Waals surface area (Å²) in [4.78, 5) is 1.85. The molecule has 0 saturated heterocycles. The second kappa shape index (κ2) is 6.36. The van der Waals surface area contributed by atoms with Gasteiger partial charge in [-0.3, -0.25) is 0 Å². The van der Waals surface area contributed by atoms with Crippen molar-refractivity contribution in [3.63, 3.8) is 0 Å². The number of halogens is 1. The molecule has 0 heterocycles. The van der Waals surface area contributed by atoms with E-state index in [-0.39, 0.29) is 11.4 Å². The Labute approximate surface area is 122 Å². The number of hydrogen-bond donors (Lipinski definition) is 0. The van der Waals surface area contributed by atoms with Gasteiger partial charge in [-0.2, -0.15) is 10.5 Å². The summed E-state index contributed by atoms with van der Waals surface area (Å²) in [5.41, 5.74) is 2.45. The summed E-state index contributed by atoms with van der Waals surface area (Å²) in [6.45, 7) is 0. The normalized spacial score (nSPS) is 9.33. The van der Waals surface area contributed by atoms with Crippen LogP contribution in [-0.2, 0) is 0 Å². The third-order valence-corrected chi connectivity index (χ3v) is 3.03. The van der Waals surface area contributed by atoms with Crippen LogP contribution in [0.2, 0.25) is 0 Å². The molecule has 21 heavy (non-hydrogen) atoms. The Balaban J connectivity index is 2.26. The second-order valence-corrected chi connectivity index (χ2v) is 4.41. The van der Waals surface area contributed by atoms with Gasteiger partial charge in [0.05, 0.1) is 0 Å². The van der Waals surface area contributed by atoms with E-state index in [1.807, 2.05) is 42.3 Å². The van der Waals surface area contributed by atoms with E-state index in [0.29, 0.717) is 0 Å². The maximum atomic E-state index is 13.2. The number of rotatable bonds is 3. The Hall–Kier alpha value is -3.11. The van der Waals surface area contributed by atoms with Crippen LogP contribution in [0.5, 0.6) is 0 Å². The van der Waals surface area contributed by atoms with Crippen molar-refractivity contribution in [1.29, 1.82) is 10.5 Å². The molecule has 0 atom stereocenters. The highest BCUT2D eigenvalue weighted by molar-refractivity contribution is 5.67. The summed E-state index contributed by atoms with van der Waals surface area (Å²) in [5, 5.41) is 17.4. The lowest BCUT2D eigenvalue weighted by atomic mass is 10.1.